The van der Waals surface area contributed by atoms with Crippen LogP contribution in [0.15, 0.2) is 77.3 Å². The number of amides is 1. The van der Waals surface area contributed by atoms with Crippen molar-refractivity contribution in [3.05, 3.63) is 99.7 Å². The number of nitrogens with one attached hydrogen (secondary N) is 1. The van der Waals surface area contributed by atoms with Crippen LogP contribution < -0.4 is 9.64 Å². The van der Waals surface area contributed by atoms with Gasteiger partial charge in [0.05, 0.1) is 31.0 Å². The second kappa shape index (κ2) is 9.38. The smallest absolute Gasteiger partial charge is 0.337 e. The number of hydrogen-bond donors (Lipinski definition) is 1. The molecule has 4 aromatic rings. The summed E-state index contributed by atoms with van der Waals surface area (Å²) < 4.78 is 11.3. The summed E-state index contributed by atoms with van der Waals surface area (Å²) in [5.41, 5.74) is 4.83. The number of methoxy groups -OCH3 is 1. The number of hydrogen-bond acceptors (Lipinski definition) is 5. The molecule has 0 saturated heterocycles. The van der Waals surface area contributed by atoms with Crippen LogP contribution in [0.25, 0.3) is 11.3 Å². The minimum absolute atomic E-state index is 0.172. The highest BCUT2D eigenvalue weighted by Gasteiger charge is 2.43. The fourth-order valence-corrected chi connectivity index (χ4v) is 4.61. The van der Waals surface area contributed by atoms with E-state index in [4.69, 9.17) is 9.47 Å². The molecule has 5 rings (SSSR count). The molecular formula is C27H22BrN3O4. The highest BCUT2D eigenvalue weighted by atomic mass is 79.9. The zero-order chi connectivity index (χ0) is 24.5. The zero-order valence-electron chi connectivity index (χ0n) is 19.1. The molecule has 1 atom stereocenters. The van der Waals surface area contributed by atoms with E-state index in [1.165, 1.54) is 7.11 Å². The SMILES string of the molecule is CCOc1ccc(-c2n[nH]c3c2[C@H](c2ccc(C(=O)OC)cc2)N(c2ccc(Br)cc2)C3=O)cc1. The van der Waals surface area contributed by atoms with Gasteiger partial charge in [-0.3, -0.25) is 14.8 Å². The van der Waals surface area contributed by atoms with Crippen LogP contribution in [0.1, 0.15) is 44.9 Å². The van der Waals surface area contributed by atoms with Crippen LogP contribution in [0, 0.1) is 0 Å². The van der Waals surface area contributed by atoms with E-state index in [9.17, 15) is 9.59 Å². The highest BCUT2D eigenvalue weighted by Crippen LogP contribution is 2.45. The number of rotatable bonds is 6. The fraction of sp³-hybridized carbons (Fsp3) is 0.148. The molecule has 1 aromatic heterocycles. The maximum atomic E-state index is 13.6. The van der Waals surface area contributed by atoms with Crippen molar-refractivity contribution >= 4 is 33.5 Å². The molecular weight excluding hydrogens is 510 g/mol. The Labute approximate surface area is 210 Å². The Morgan fingerprint density at radius 2 is 1.71 bits per heavy atom. The Morgan fingerprint density at radius 1 is 1.03 bits per heavy atom. The van der Waals surface area contributed by atoms with Crippen molar-refractivity contribution < 1.29 is 19.1 Å². The van der Waals surface area contributed by atoms with Gasteiger partial charge in [0.2, 0.25) is 0 Å². The van der Waals surface area contributed by atoms with E-state index in [-0.39, 0.29) is 5.91 Å². The molecule has 7 nitrogen and oxygen atoms in total. The van der Waals surface area contributed by atoms with Gasteiger partial charge in [0.25, 0.3) is 5.91 Å². The maximum absolute atomic E-state index is 13.6. The van der Waals surface area contributed by atoms with Crippen molar-refractivity contribution in [1.82, 2.24) is 10.2 Å². The first-order valence-electron chi connectivity index (χ1n) is 11.1. The summed E-state index contributed by atoms with van der Waals surface area (Å²) in [6.45, 7) is 2.52. The molecule has 176 valence electrons. The van der Waals surface area contributed by atoms with Gasteiger partial charge in [-0.15, -0.1) is 0 Å². The first-order valence-corrected chi connectivity index (χ1v) is 11.9. The average molecular weight is 532 g/mol. The van der Waals surface area contributed by atoms with Gasteiger partial charge >= 0.3 is 5.97 Å². The minimum atomic E-state index is -0.439. The molecule has 2 heterocycles. The molecule has 8 heteroatoms. The number of H-pyrrole nitrogens is 1. The van der Waals surface area contributed by atoms with Gasteiger partial charge < -0.3 is 9.47 Å². The molecule has 0 spiro atoms. The first-order chi connectivity index (χ1) is 17.0. The predicted octanol–water partition coefficient (Wildman–Crippen LogP) is 5.77. The summed E-state index contributed by atoms with van der Waals surface area (Å²) in [6.07, 6.45) is 0. The number of fused-ring (bicyclic) bond motifs is 1. The van der Waals surface area contributed by atoms with E-state index in [1.807, 2.05) is 67.6 Å². The van der Waals surface area contributed by atoms with Gasteiger partial charge in [-0.2, -0.15) is 5.10 Å². The van der Waals surface area contributed by atoms with Gasteiger partial charge in [-0.1, -0.05) is 28.1 Å². The lowest BCUT2D eigenvalue weighted by Gasteiger charge is -2.26. The van der Waals surface area contributed by atoms with Crippen LogP contribution in [0.2, 0.25) is 0 Å². The van der Waals surface area contributed by atoms with Crippen LogP contribution in [0.4, 0.5) is 5.69 Å². The van der Waals surface area contributed by atoms with Crippen LogP contribution in [-0.4, -0.2) is 35.8 Å². The number of esters is 1. The van der Waals surface area contributed by atoms with Gasteiger partial charge in [0, 0.05) is 21.3 Å². The van der Waals surface area contributed by atoms with Gasteiger partial charge in [-0.25, -0.2) is 4.79 Å². The van der Waals surface area contributed by atoms with Crippen molar-refractivity contribution in [2.24, 2.45) is 0 Å². The summed E-state index contributed by atoms with van der Waals surface area (Å²) in [6, 6.07) is 21.9. The topological polar surface area (TPSA) is 84.5 Å². The number of carbonyl (C=O) groups excluding carboxylic acids is 2. The van der Waals surface area contributed by atoms with Crippen molar-refractivity contribution in [3.8, 4) is 17.0 Å². The highest BCUT2D eigenvalue weighted by molar-refractivity contribution is 9.10. The molecule has 1 amide bonds. The lowest BCUT2D eigenvalue weighted by Crippen LogP contribution is -2.29. The molecule has 1 aliphatic heterocycles. The normalized spacial score (nSPS) is 14.7. The summed E-state index contributed by atoms with van der Waals surface area (Å²) in [4.78, 5) is 27.3. The van der Waals surface area contributed by atoms with E-state index >= 15 is 0 Å². The molecule has 0 unspecified atom stereocenters. The lowest BCUT2D eigenvalue weighted by molar-refractivity contribution is 0.0600. The molecule has 0 aliphatic carbocycles. The third-order valence-corrected chi connectivity index (χ3v) is 6.49. The Kier molecular flexibility index (Phi) is 6.13. The Balaban J connectivity index is 1.64. The van der Waals surface area contributed by atoms with Gasteiger partial charge in [0.15, 0.2) is 0 Å². The predicted molar refractivity (Wildman–Crippen MR) is 136 cm³/mol. The zero-order valence-corrected chi connectivity index (χ0v) is 20.7. The Hall–Kier alpha value is -3.91. The second-order valence-corrected chi connectivity index (χ2v) is 8.90. The fourth-order valence-electron chi connectivity index (χ4n) is 4.35. The Bertz CT molecular complexity index is 1380. The number of ether oxygens (including phenoxy) is 2. The van der Waals surface area contributed by atoms with Crippen molar-refractivity contribution in [2.75, 3.05) is 18.6 Å². The molecule has 0 radical (unpaired) electrons. The largest absolute Gasteiger partial charge is 0.494 e. The molecule has 3 aromatic carbocycles. The number of halogens is 1. The Morgan fingerprint density at radius 3 is 2.34 bits per heavy atom. The summed E-state index contributed by atoms with van der Waals surface area (Å²) in [5, 5.41) is 7.48. The van der Waals surface area contributed by atoms with Gasteiger partial charge in [-0.05, 0) is 73.2 Å². The van der Waals surface area contributed by atoms with E-state index in [2.05, 4.69) is 26.1 Å². The number of carbonyl (C=O) groups is 2. The summed E-state index contributed by atoms with van der Waals surface area (Å²) in [7, 11) is 1.35. The summed E-state index contributed by atoms with van der Waals surface area (Å²) in [5.74, 6) is 0.183. The van der Waals surface area contributed by atoms with Crippen LogP contribution in [-0.2, 0) is 4.74 Å². The quantitative estimate of drug-likeness (QED) is 0.319. The molecule has 1 N–H and O–H groups in total. The molecule has 0 saturated carbocycles. The standard InChI is InChI=1S/C27H22BrN3O4/c1-3-35-21-14-8-16(9-15-21)23-22-24(30-29-23)26(32)31(20-12-10-19(28)11-13-20)25(22)17-4-6-18(7-5-17)27(33)34-2/h4-15,25H,3H2,1-2H3,(H,29,30)/t25-/m0/s1. The van der Waals surface area contributed by atoms with E-state index in [0.29, 0.717) is 23.6 Å². The average Bonchev–Trinajstić information content (AvgIpc) is 3.44. The van der Waals surface area contributed by atoms with E-state index in [1.54, 1.807) is 17.0 Å². The third kappa shape index (κ3) is 4.10. The molecule has 1 aliphatic rings. The van der Waals surface area contributed by atoms with Crippen molar-refractivity contribution in [1.29, 1.82) is 0 Å². The second-order valence-electron chi connectivity index (χ2n) is 7.99. The molecule has 0 fully saturated rings. The lowest BCUT2D eigenvalue weighted by atomic mass is 9.95. The molecule has 0 bridgehead atoms. The maximum Gasteiger partial charge on any atom is 0.337 e. The van der Waals surface area contributed by atoms with Crippen molar-refractivity contribution in [3.63, 3.8) is 0 Å². The first kappa shape index (κ1) is 22.9. The van der Waals surface area contributed by atoms with Crippen LogP contribution in [0.5, 0.6) is 5.75 Å². The number of anilines is 1. The van der Waals surface area contributed by atoms with Gasteiger partial charge in [0.1, 0.15) is 11.4 Å². The van der Waals surface area contributed by atoms with Crippen LogP contribution in [0.3, 0.4) is 0 Å². The van der Waals surface area contributed by atoms with Crippen LogP contribution >= 0.6 is 15.9 Å². The van der Waals surface area contributed by atoms with E-state index < -0.39 is 12.0 Å². The number of benzene rings is 3. The minimum Gasteiger partial charge on any atom is -0.494 e. The van der Waals surface area contributed by atoms with E-state index in [0.717, 1.165) is 32.6 Å². The third-order valence-electron chi connectivity index (χ3n) is 5.96. The number of aromatic nitrogens is 2. The molecule has 35 heavy (non-hydrogen) atoms. The van der Waals surface area contributed by atoms with Crippen molar-refractivity contribution in [2.45, 2.75) is 13.0 Å². The summed E-state index contributed by atoms with van der Waals surface area (Å²) >= 11 is 3.46. The monoisotopic (exact) mass is 531 g/mol. The number of aromatic amines is 1. The number of nitrogens with zero attached hydrogens (tertiary/aromatic N) is 2.